The molecule has 1 aromatic carbocycles. The number of rotatable bonds is 2. The van der Waals surface area contributed by atoms with E-state index in [1.807, 2.05) is 0 Å². The summed E-state index contributed by atoms with van der Waals surface area (Å²) in [5, 5.41) is 3.62. The van der Waals surface area contributed by atoms with E-state index in [0.717, 1.165) is 0 Å². The van der Waals surface area contributed by atoms with E-state index in [9.17, 15) is 4.79 Å². The Hall–Kier alpha value is -1.51. The van der Waals surface area contributed by atoms with Gasteiger partial charge >= 0.3 is 5.97 Å². The van der Waals surface area contributed by atoms with Crippen molar-refractivity contribution in [2.75, 3.05) is 7.06 Å². The van der Waals surface area contributed by atoms with Crippen LogP contribution in [0, 0.1) is 0 Å². The minimum Gasteiger partial charge on any atom is -0.497 e. The highest BCUT2D eigenvalue weighted by atomic mass is 16.5. The summed E-state index contributed by atoms with van der Waals surface area (Å²) in [6, 6.07) is -2.91. The summed E-state index contributed by atoms with van der Waals surface area (Å²) in [6.07, 6.45) is 0. The first-order valence-corrected chi connectivity index (χ1v) is 2.60. The molecular formula is C8H8O3. The van der Waals surface area contributed by atoms with Crippen LogP contribution in [0.15, 0.2) is 24.2 Å². The lowest BCUT2D eigenvalue weighted by Crippen LogP contribution is -1.95. The molecule has 1 rings (SSSR count). The van der Waals surface area contributed by atoms with Crippen molar-refractivity contribution < 1.29 is 22.9 Å². The van der Waals surface area contributed by atoms with Gasteiger partial charge in [-0.05, 0) is 24.2 Å². The Balaban J connectivity index is 3.50. The third-order valence-corrected chi connectivity index (χ3v) is 0.924. The van der Waals surface area contributed by atoms with E-state index in [4.69, 9.17) is 9.66 Å². The van der Waals surface area contributed by atoms with E-state index >= 15 is 0 Å². The van der Waals surface area contributed by atoms with Crippen LogP contribution >= 0.6 is 0 Å². The van der Waals surface area contributed by atoms with Gasteiger partial charge < -0.3 is 9.85 Å². The smallest absolute Gasteiger partial charge is 0.335 e. The van der Waals surface area contributed by atoms with Crippen molar-refractivity contribution in [1.82, 2.24) is 0 Å². The Labute approximate surface area is 74.2 Å². The molecule has 11 heavy (non-hydrogen) atoms. The van der Waals surface area contributed by atoms with Crippen LogP contribution in [0.4, 0.5) is 0 Å². The Bertz CT molecular complexity index is 459. The molecule has 0 aliphatic carbocycles. The molecule has 0 spiro atoms. The number of carboxylic acids is 1. The van der Waals surface area contributed by atoms with Gasteiger partial charge in [0.15, 0.2) is 0 Å². The summed E-state index contributed by atoms with van der Waals surface area (Å²) in [7, 11) is -1.83. The van der Waals surface area contributed by atoms with Crippen LogP contribution in [0.3, 0.4) is 0 Å². The van der Waals surface area contributed by atoms with E-state index in [1.54, 1.807) is 0 Å². The molecule has 0 aromatic heterocycles. The first-order chi connectivity index (χ1) is 8.31. The topological polar surface area (TPSA) is 46.5 Å². The van der Waals surface area contributed by atoms with E-state index < -0.39 is 48.5 Å². The van der Waals surface area contributed by atoms with Crippen LogP contribution < -0.4 is 4.74 Å². The largest absolute Gasteiger partial charge is 0.497 e. The first kappa shape index (κ1) is 2.52. The highest BCUT2D eigenvalue weighted by Gasteiger charge is 2.00. The SMILES string of the molecule is [2H]OC(=O)c1c([2H])c([2H])c(OC([2H])[2H])c([2H])c1[2H]. The summed E-state index contributed by atoms with van der Waals surface area (Å²) in [5.74, 6) is -1.92. The zero-order chi connectivity index (χ0) is 14.0. The first-order valence-electron chi connectivity index (χ1n) is 6.16. The van der Waals surface area contributed by atoms with Crippen molar-refractivity contribution in [3.8, 4) is 5.75 Å². The van der Waals surface area contributed by atoms with Crippen molar-refractivity contribution >= 4 is 5.97 Å². The molecular weight excluding hydrogens is 144 g/mol. The van der Waals surface area contributed by atoms with Crippen molar-refractivity contribution in [3.05, 3.63) is 29.7 Å². The number of aromatic carboxylic acids is 1. The number of carboxylic acid groups (broad SMARTS) is 1. The van der Waals surface area contributed by atoms with Gasteiger partial charge in [-0.1, -0.05) is 0 Å². The Morgan fingerprint density at radius 3 is 3.00 bits per heavy atom. The van der Waals surface area contributed by atoms with Crippen molar-refractivity contribution in [2.45, 2.75) is 0 Å². The van der Waals surface area contributed by atoms with E-state index in [2.05, 4.69) is 9.85 Å². The molecule has 0 aliphatic heterocycles. The maximum atomic E-state index is 11.2. The summed E-state index contributed by atoms with van der Waals surface area (Å²) < 4.78 is 54.6. The summed E-state index contributed by atoms with van der Waals surface area (Å²) in [6.45, 7) is 0. The van der Waals surface area contributed by atoms with E-state index in [1.165, 1.54) is 0 Å². The van der Waals surface area contributed by atoms with Gasteiger partial charge in [-0.3, -0.25) is 0 Å². The van der Waals surface area contributed by atoms with Gasteiger partial charge in [0.25, 0.3) is 1.43 Å². The Morgan fingerprint density at radius 1 is 1.73 bits per heavy atom. The molecule has 0 bridgehead atoms. The molecule has 0 unspecified atom stereocenters. The Morgan fingerprint density at radius 2 is 2.45 bits per heavy atom. The summed E-state index contributed by atoms with van der Waals surface area (Å²) >= 11 is 0. The standard InChI is InChI=1S/C8H8O3/c1-11-7-4-2-6(3-5-7)8(9)10/h2-5H,1H3,(H,9,10)/i1D2,2D,3D,4D,5D/hD. The number of hydrogen-bond acceptors (Lipinski definition) is 3. The molecule has 0 heterocycles. The molecule has 0 aliphatic rings. The minimum absolute atomic E-state index is 0.596. The lowest BCUT2D eigenvalue weighted by molar-refractivity contribution is 0.0697. The normalized spacial score (nSPS) is 18.1. The van der Waals surface area contributed by atoms with Crippen molar-refractivity contribution in [2.24, 2.45) is 0 Å². The number of ether oxygens (including phenoxy) is 1. The number of hydrogen-bond donors (Lipinski definition) is 1. The number of methoxy groups -OCH3 is 1. The van der Waals surface area contributed by atoms with Crippen molar-refractivity contribution in [3.63, 3.8) is 0 Å². The monoisotopic (exact) mass is 159 g/mol. The van der Waals surface area contributed by atoms with E-state index in [0.29, 0.717) is 0 Å². The van der Waals surface area contributed by atoms with Crippen LogP contribution in [-0.4, -0.2) is 18.1 Å². The summed E-state index contributed by atoms with van der Waals surface area (Å²) in [5.41, 5.74) is -0.695. The van der Waals surface area contributed by atoms with Gasteiger partial charge in [-0.2, -0.15) is 0 Å². The molecule has 0 saturated carbocycles. The predicted octanol–water partition coefficient (Wildman–Crippen LogP) is 1.39. The second-order valence-electron chi connectivity index (χ2n) is 1.61. The van der Waals surface area contributed by atoms with Crippen LogP contribution in [0.1, 0.15) is 18.6 Å². The van der Waals surface area contributed by atoms with Gasteiger partial charge in [-0.25, -0.2) is 4.79 Å². The van der Waals surface area contributed by atoms with Gasteiger partial charge in [-0.15, -0.1) is 0 Å². The average molecular weight is 159 g/mol. The fourth-order valence-corrected chi connectivity index (χ4v) is 0.462. The number of carbonyl (C=O) groups is 1. The molecule has 0 fully saturated rings. The minimum atomic E-state index is -1.83. The Kier molecular flexibility index (Phi) is 0.698. The van der Waals surface area contributed by atoms with Gasteiger partial charge in [0.05, 0.1) is 20.8 Å². The summed E-state index contributed by atoms with van der Waals surface area (Å²) in [4.78, 5) is 11.2. The van der Waals surface area contributed by atoms with Gasteiger partial charge in [0, 0.05) is 0 Å². The quantitative estimate of drug-likeness (QED) is 0.709. The van der Waals surface area contributed by atoms with Gasteiger partial charge in [0.2, 0.25) is 0 Å². The van der Waals surface area contributed by atoms with Crippen LogP contribution in [-0.2, 0) is 0 Å². The third kappa shape index (κ3) is 1.70. The highest BCUT2D eigenvalue weighted by molar-refractivity contribution is 5.87. The highest BCUT2D eigenvalue weighted by Crippen LogP contribution is 2.10. The fourth-order valence-electron chi connectivity index (χ4n) is 0.462. The van der Waals surface area contributed by atoms with Crippen LogP contribution in [0.25, 0.3) is 1.43 Å². The average Bonchev–Trinajstić information content (AvgIpc) is 2.31. The second-order valence-corrected chi connectivity index (χ2v) is 1.61. The maximum absolute atomic E-state index is 11.2. The van der Waals surface area contributed by atoms with Gasteiger partial charge in [0.1, 0.15) is 5.75 Å². The molecule has 0 amide bonds. The molecule has 58 valence electrons. The van der Waals surface area contributed by atoms with Crippen molar-refractivity contribution in [1.29, 1.82) is 1.43 Å². The molecule has 0 radical (unpaired) electrons. The lowest BCUT2D eigenvalue weighted by atomic mass is 10.2. The lowest BCUT2D eigenvalue weighted by Gasteiger charge is -1.98. The van der Waals surface area contributed by atoms with Crippen LogP contribution in [0.5, 0.6) is 5.75 Å². The third-order valence-electron chi connectivity index (χ3n) is 0.924. The second kappa shape index (κ2) is 3.05. The zero-order valence-corrected chi connectivity index (χ0v) is 5.30. The zero-order valence-electron chi connectivity index (χ0n) is 12.3. The fraction of sp³-hybridized carbons (Fsp3) is 0.125. The van der Waals surface area contributed by atoms with E-state index in [-0.39, 0.29) is 0 Å². The molecule has 0 saturated heterocycles. The van der Waals surface area contributed by atoms with Crippen LogP contribution in [0.2, 0.25) is 0 Å². The molecule has 3 nitrogen and oxygen atoms in total. The molecule has 3 heteroatoms. The number of benzene rings is 1. The maximum Gasteiger partial charge on any atom is 0.335 e. The molecule has 1 N–H and O–H groups in total. The molecule has 0 atom stereocenters. The predicted molar refractivity (Wildman–Crippen MR) is 40.0 cm³/mol. The molecule has 1 aromatic rings.